The zero-order chi connectivity index (χ0) is 10.4. The van der Waals surface area contributed by atoms with Gasteiger partial charge in [0.05, 0.1) is 23.2 Å². The number of nitrogens with zero attached hydrogens (tertiary/aromatic N) is 4. The van der Waals surface area contributed by atoms with Crippen LogP contribution in [0.4, 0.5) is 0 Å². The first-order valence-electron chi connectivity index (χ1n) is 4.80. The molecule has 1 aliphatic rings. The summed E-state index contributed by atoms with van der Waals surface area (Å²) in [6.45, 7) is 0. The molecule has 0 bridgehead atoms. The lowest BCUT2D eigenvalue weighted by Crippen LogP contribution is -2.04. The Morgan fingerprint density at radius 3 is 2.80 bits per heavy atom. The molecule has 5 nitrogen and oxygen atoms in total. The van der Waals surface area contributed by atoms with E-state index in [0.717, 1.165) is 11.3 Å². The van der Waals surface area contributed by atoms with Gasteiger partial charge in [0.25, 0.3) is 0 Å². The smallest absolute Gasteiger partial charge is 0.237 e. The Hall–Kier alpha value is -1.30. The Morgan fingerprint density at radius 2 is 2.13 bits per heavy atom. The van der Waals surface area contributed by atoms with Crippen LogP contribution in [0.15, 0.2) is 17.6 Å². The Kier molecular flexibility index (Phi) is 1.85. The molecule has 1 unspecified atom stereocenters. The second-order valence-electron chi connectivity index (χ2n) is 3.72. The molecule has 1 saturated carbocycles. The lowest BCUT2D eigenvalue weighted by Gasteiger charge is -1.99. The molecule has 0 amide bonds. The average Bonchev–Trinajstić information content (AvgIpc) is 2.98. The van der Waals surface area contributed by atoms with Crippen LogP contribution in [0, 0.1) is 0 Å². The van der Waals surface area contributed by atoms with E-state index in [1.165, 1.54) is 12.8 Å². The van der Waals surface area contributed by atoms with Crippen LogP contribution in [0.1, 0.15) is 24.6 Å². The van der Waals surface area contributed by atoms with Gasteiger partial charge in [0.1, 0.15) is 11.3 Å². The standard InChI is InChI=1S/C9H10N4OS/c1-15(14)9-11-5-7-4-10-8(6-2-3-6)13(7)12-9/h4-6H,2-3H2,1H3. The number of fused-ring (bicyclic) bond motifs is 1. The van der Waals surface area contributed by atoms with Crippen molar-refractivity contribution in [3.8, 4) is 0 Å². The molecule has 2 aromatic heterocycles. The van der Waals surface area contributed by atoms with Crippen LogP contribution in [0.25, 0.3) is 5.52 Å². The fraction of sp³-hybridized carbons (Fsp3) is 0.444. The summed E-state index contributed by atoms with van der Waals surface area (Å²) in [4.78, 5) is 8.35. The van der Waals surface area contributed by atoms with Gasteiger partial charge in [0.2, 0.25) is 5.16 Å². The third kappa shape index (κ3) is 1.45. The number of hydrogen-bond donors (Lipinski definition) is 0. The van der Waals surface area contributed by atoms with Gasteiger partial charge >= 0.3 is 0 Å². The summed E-state index contributed by atoms with van der Waals surface area (Å²) in [5, 5.41) is 4.60. The normalized spacial score (nSPS) is 18.2. The van der Waals surface area contributed by atoms with E-state index in [1.807, 2.05) is 0 Å². The molecule has 78 valence electrons. The van der Waals surface area contributed by atoms with Crippen LogP contribution in [-0.2, 0) is 10.8 Å². The second kappa shape index (κ2) is 3.10. The molecule has 3 rings (SSSR count). The van der Waals surface area contributed by atoms with Crippen molar-refractivity contribution in [1.82, 2.24) is 19.6 Å². The topological polar surface area (TPSA) is 60.2 Å². The highest BCUT2D eigenvalue weighted by atomic mass is 32.2. The summed E-state index contributed by atoms with van der Waals surface area (Å²) < 4.78 is 13.0. The summed E-state index contributed by atoms with van der Waals surface area (Å²) in [6.07, 6.45) is 7.36. The maximum atomic E-state index is 11.3. The molecular formula is C9H10N4OS. The first-order chi connectivity index (χ1) is 7.25. The quantitative estimate of drug-likeness (QED) is 0.752. The van der Waals surface area contributed by atoms with Gasteiger partial charge in [0, 0.05) is 12.2 Å². The van der Waals surface area contributed by atoms with Gasteiger partial charge < -0.3 is 0 Å². The Balaban J connectivity index is 2.21. The van der Waals surface area contributed by atoms with Crippen molar-refractivity contribution in [2.24, 2.45) is 0 Å². The fourth-order valence-electron chi connectivity index (χ4n) is 1.56. The summed E-state index contributed by atoms with van der Waals surface area (Å²) in [6, 6.07) is 0. The molecule has 1 fully saturated rings. The van der Waals surface area contributed by atoms with Crippen LogP contribution < -0.4 is 0 Å². The molecule has 15 heavy (non-hydrogen) atoms. The van der Waals surface area contributed by atoms with Crippen molar-refractivity contribution in [3.63, 3.8) is 0 Å². The lowest BCUT2D eigenvalue weighted by atomic mass is 10.4. The van der Waals surface area contributed by atoms with Gasteiger partial charge in [-0.2, -0.15) is 0 Å². The number of aromatic nitrogens is 4. The molecule has 0 N–H and O–H groups in total. The molecule has 0 aromatic carbocycles. The molecule has 0 aliphatic heterocycles. The van der Waals surface area contributed by atoms with E-state index in [9.17, 15) is 4.21 Å². The SMILES string of the molecule is CS(=O)c1ncc2cnc(C3CC3)n2n1. The van der Waals surface area contributed by atoms with E-state index in [-0.39, 0.29) is 0 Å². The van der Waals surface area contributed by atoms with E-state index < -0.39 is 10.8 Å². The predicted molar refractivity (Wildman–Crippen MR) is 55.1 cm³/mol. The van der Waals surface area contributed by atoms with Gasteiger partial charge in [0.15, 0.2) is 0 Å². The van der Waals surface area contributed by atoms with Gasteiger partial charge in [-0.05, 0) is 12.8 Å². The van der Waals surface area contributed by atoms with Crippen molar-refractivity contribution in [3.05, 3.63) is 18.2 Å². The zero-order valence-electron chi connectivity index (χ0n) is 8.25. The van der Waals surface area contributed by atoms with Crippen molar-refractivity contribution in [2.45, 2.75) is 23.9 Å². The van der Waals surface area contributed by atoms with Gasteiger partial charge in [-0.15, -0.1) is 5.10 Å². The van der Waals surface area contributed by atoms with E-state index in [4.69, 9.17) is 0 Å². The fourth-order valence-corrected chi connectivity index (χ4v) is 1.95. The molecule has 0 saturated heterocycles. The first kappa shape index (κ1) is 8.96. The number of hydrogen-bond acceptors (Lipinski definition) is 4. The number of imidazole rings is 1. The summed E-state index contributed by atoms with van der Waals surface area (Å²) in [5.74, 6) is 1.50. The highest BCUT2D eigenvalue weighted by Crippen LogP contribution is 2.38. The highest BCUT2D eigenvalue weighted by molar-refractivity contribution is 7.84. The minimum absolute atomic E-state index is 0.363. The average molecular weight is 222 g/mol. The third-order valence-corrected chi connectivity index (χ3v) is 3.18. The minimum atomic E-state index is -1.14. The van der Waals surface area contributed by atoms with Crippen molar-refractivity contribution in [1.29, 1.82) is 0 Å². The van der Waals surface area contributed by atoms with E-state index in [2.05, 4.69) is 15.1 Å². The van der Waals surface area contributed by atoms with E-state index in [0.29, 0.717) is 11.1 Å². The molecule has 1 aliphatic carbocycles. The van der Waals surface area contributed by atoms with Gasteiger partial charge in [-0.3, -0.25) is 4.21 Å². The minimum Gasteiger partial charge on any atom is -0.251 e. The number of rotatable bonds is 2. The molecule has 2 heterocycles. The molecule has 0 radical (unpaired) electrons. The Morgan fingerprint density at radius 1 is 1.40 bits per heavy atom. The molecular weight excluding hydrogens is 212 g/mol. The lowest BCUT2D eigenvalue weighted by molar-refractivity contribution is 0.667. The maximum Gasteiger partial charge on any atom is 0.237 e. The largest absolute Gasteiger partial charge is 0.251 e. The maximum absolute atomic E-state index is 11.3. The summed E-state index contributed by atoms with van der Waals surface area (Å²) in [7, 11) is -1.14. The van der Waals surface area contributed by atoms with Crippen molar-refractivity contribution in [2.75, 3.05) is 6.26 Å². The predicted octanol–water partition coefficient (Wildman–Crippen LogP) is 0.739. The van der Waals surface area contributed by atoms with Gasteiger partial charge in [-0.1, -0.05) is 0 Å². The van der Waals surface area contributed by atoms with Crippen molar-refractivity contribution >= 4 is 16.3 Å². The summed E-state index contributed by atoms with van der Waals surface area (Å²) in [5.41, 5.74) is 0.867. The van der Waals surface area contributed by atoms with Crippen LogP contribution >= 0.6 is 0 Å². The first-order valence-corrected chi connectivity index (χ1v) is 6.35. The summed E-state index contributed by atoms with van der Waals surface area (Å²) >= 11 is 0. The Labute approximate surface area is 89.0 Å². The van der Waals surface area contributed by atoms with Crippen LogP contribution in [0.5, 0.6) is 0 Å². The highest BCUT2D eigenvalue weighted by Gasteiger charge is 2.28. The van der Waals surface area contributed by atoms with Gasteiger partial charge in [-0.25, -0.2) is 14.5 Å². The second-order valence-corrected chi connectivity index (χ2v) is 5.00. The zero-order valence-corrected chi connectivity index (χ0v) is 9.07. The molecule has 6 heteroatoms. The molecule has 2 aromatic rings. The monoisotopic (exact) mass is 222 g/mol. The van der Waals surface area contributed by atoms with E-state index in [1.54, 1.807) is 23.2 Å². The van der Waals surface area contributed by atoms with E-state index >= 15 is 0 Å². The molecule has 1 atom stereocenters. The Bertz CT molecular complexity index is 546. The van der Waals surface area contributed by atoms with Crippen molar-refractivity contribution < 1.29 is 4.21 Å². The third-order valence-electron chi connectivity index (χ3n) is 2.48. The van der Waals surface area contributed by atoms with Crippen LogP contribution in [0.2, 0.25) is 0 Å². The van der Waals surface area contributed by atoms with Crippen LogP contribution in [0.3, 0.4) is 0 Å². The molecule has 0 spiro atoms. The van der Waals surface area contributed by atoms with Crippen LogP contribution in [-0.4, -0.2) is 30.0 Å².